The van der Waals surface area contributed by atoms with Gasteiger partial charge in [0.05, 0.1) is 41.7 Å². The van der Waals surface area contributed by atoms with Crippen molar-refractivity contribution in [3.05, 3.63) is 161 Å². The Morgan fingerprint density at radius 3 is 2.35 bits per heavy atom. The first-order valence-electron chi connectivity index (χ1n) is 14.6. The van der Waals surface area contributed by atoms with E-state index in [-0.39, 0.29) is 28.2 Å². The van der Waals surface area contributed by atoms with Crippen molar-refractivity contribution in [1.82, 2.24) is 4.57 Å². The van der Waals surface area contributed by atoms with Crippen molar-refractivity contribution in [2.75, 3.05) is 11.5 Å². The molecule has 0 saturated carbocycles. The summed E-state index contributed by atoms with van der Waals surface area (Å²) in [4.78, 5) is 49.4. The number of esters is 1. The first-order valence-corrected chi connectivity index (χ1v) is 16.2. The zero-order chi connectivity index (χ0) is 31.9. The van der Waals surface area contributed by atoms with Crippen molar-refractivity contribution in [3.8, 4) is 0 Å². The molecule has 0 spiro atoms. The predicted molar refractivity (Wildman–Crippen MR) is 178 cm³/mol. The number of ether oxygens (including phenoxy) is 1. The van der Waals surface area contributed by atoms with Crippen LogP contribution in [0, 0.1) is 5.82 Å². The van der Waals surface area contributed by atoms with Crippen molar-refractivity contribution in [2.24, 2.45) is 4.99 Å². The van der Waals surface area contributed by atoms with E-state index in [0.29, 0.717) is 39.4 Å². The fourth-order valence-electron chi connectivity index (χ4n) is 5.90. The molecule has 0 saturated heterocycles. The summed E-state index contributed by atoms with van der Waals surface area (Å²) in [6, 6.07) is 29.0. The quantitative estimate of drug-likeness (QED) is 0.212. The smallest absolute Gasteiger partial charge is 0.338 e. The van der Waals surface area contributed by atoms with Gasteiger partial charge in [0.2, 0.25) is 0 Å². The van der Waals surface area contributed by atoms with E-state index in [1.54, 1.807) is 24.0 Å². The van der Waals surface area contributed by atoms with Crippen LogP contribution >= 0.6 is 27.3 Å². The van der Waals surface area contributed by atoms with Crippen LogP contribution in [0.5, 0.6) is 0 Å². The third kappa shape index (κ3) is 5.13. The van der Waals surface area contributed by atoms with Gasteiger partial charge in [0.1, 0.15) is 10.3 Å². The fraction of sp³-hybridized carbons (Fsp3) is 0.111. The van der Waals surface area contributed by atoms with E-state index in [1.165, 1.54) is 16.7 Å². The normalized spacial score (nSPS) is 16.6. The highest BCUT2D eigenvalue weighted by Gasteiger charge is 2.38. The Kier molecular flexibility index (Phi) is 7.84. The number of aromatic nitrogens is 1. The fourth-order valence-corrected chi connectivity index (χ4v) is 7.35. The third-order valence-electron chi connectivity index (χ3n) is 7.92. The number of carbonyl (C=O) groups excluding carboxylic acids is 2. The lowest BCUT2D eigenvalue weighted by Gasteiger charge is -2.25. The lowest BCUT2D eigenvalue weighted by Crippen LogP contribution is -2.41. The maximum atomic E-state index is 14.6. The van der Waals surface area contributed by atoms with E-state index in [2.05, 4.69) is 15.9 Å². The lowest BCUT2D eigenvalue weighted by molar-refractivity contribution is -0.138. The molecular weight excluding hydrogens is 669 g/mol. The highest BCUT2D eigenvalue weighted by molar-refractivity contribution is 9.10. The van der Waals surface area contributed by atoms with Gasteiger partial charge in [-0.2, -0.15) is 0 Å². The van der Waals surface area contributed by atoms with Gasteiger partial charge in [0, 0.05) is 15.6 Å². The van der Waals surface area contributed by atoms with Crippen LogP contribution < -0.4 is 19.8 Å². The summed E-state index contributed by atoms with van der Waals surface area (Å²) in [5, 5.41) is 0. The van der Waals surface area contributed by atoms with Crippen LogP contribution in [0.1, 0.15) is 35.2 Å². The minimum absolute atomic E-state index is 0.104. The van der Waals surface area contributed by atoms with E-state index in [1.807, 2.05) is 78.9 Å². The van der Waals surface area contributed by atoms with Crippen LogP contribution in [-0.2, 0) is 20.9 Å². The predicted octanol–water partition coefficient (Wildman–Crippen LogP) is 5.75. The van der Waals surface area contributed by atoms with Gasteiger partial charge < -0.3 is 9.64 Å². The molecule has 5 aromatic rings. The van der Waals surface area contributed by atoms with Crippen molar-refractivity contribution in [3.63, 3.8) is 0 Å². The molecule has 2 aliphatic heterocycles. The van der Waals surface area contributed by atoms with Crippen molar-refractivity contribution < 1.29 is 18.7 Å². The second-order valence-corrected chi connectivity index (χ2v) is 12.6. The number of thiazole rings is 1. The average Bonchev–Trinajstić information content (AvgIpc) is 3.53. The molecule has 7 nitrogen and oxygen atoms in total. The Hall–Kier alpha value is -4.93. The maximum absolute atomic E-state index is 14.6. The van der Waals surface area contributed by atoms with Gasteiger partial charge >= 0.3 is 5.97 Å². The first-order chi connectivity index (χ1) is 22.4. The number of halogens is 2. The van der Waals surface area contributed by atoms with Crippen molar-refractivity contribution in [1.29, 1.82) is 0 Å². The minimum atomic E-state index is -0.987. The van der Waals surface area contributed by atoms with Gasteiger partial charge in [0.15, 0.2) is 4.80 Å². The molecule has 1 atom stereocenters. The summed E-state index contributed by atoms with van der Waals surface area (Å²) in [7, 11) is 0. The Morgan fingerprint density at radius 1 is 0.957 bits per heavy atom. The molecule has 3 heterocycles. The molecular formula is C36H25BrFN3O4S. The molecule has 46 heavy (non-hydrogen) atoms. The van der Waals surface area contributed by atoms with Crippen molar-refractivity contribution >= 4 is 56.1 Å². The lowest BCUT2D eigenvalue weighted by atomic mass is 9.93. The Balaban J connectivity index is 1.52. The zero-order valence-corrected chi connectivity index (χ0v) is 26.8. The molecule has 0 N–H and O–H groups in total. The standard InChI is InChI=1S/C36H25BrFN3O4S/c1-2-45-35(44)29-30(22-11-7-4-8-12-22)39-36-41(31(29)23-13-16-25(38)17-14-23)34(43)32(46-36)28-26-19-24(37)15-18-27(26)40(33(28)42)20-21-9-5-3-6-10-21/h3-19,31H,2,20H2,1H3/b32-28-/t31-/m1/s1. The SMILES string of the molecule is CCOC(=O)C1=C(c2ccccc2)N=c2s/c(=C3\C(=O)N(Cc4ccccc4)c4ccc(Br)cc43)c(=O)n2[C@@H]1c1ccc(F)cc1. The summed E-state index contributed by atoms with van der Waals surface area (Å²) in [6.07, 6.45) is 0. The number of anilines is 1. The van der Waals surface area contributed by atoms with Crippen LogP contribution in [0.4, 0.5) is 10.1 Å². The number of hydrogen-bond donors (Lipinski definition) is 0. The van der Waals surface area contributed by atoms with E-state index in [9.17, 15) is 18.8 Å². The van der Waals surface area contributed by atoms with E-state index < -0.39 is 23.4 Å². The van der Waals surface area contributed by atoms with Crippen LogP contribution in [-0.4, -0.2) is 23.1 Å². The number of nitrogens with zero attached hydrogens (tertiary/aromatic N) is 3. The van der Waals surface area contributed by atoms with E-state index in [0.717, 1.165) is 21.4 Å². The number of fused-ring (bicyclic) bond motifs is 2. The summed E-state index contributed by atoms with van der Waals surface area (Å²) in [5.41, 5.74) is 3.66. The molecule has 2 aliphatic rings. The molecule has 4 aromatic carbocycles. The maximum Gasteiger partial charge on any atom is 0.338 e. The van der Waals surface area contributed by atoms with Gasteiger partial charge in [-0.05, 0) is 48.4 Å². The van der Waals surface area contributed by atoms with Gasteiger partial charge in [-0.3, -0.25) is 14.2 Å². The van der Waals surface area contributed by atoms with Gasteiger partial charge in [-0.1, -0.05) is 100 Å². The highest BCUT2D eigenvalue weighted by Crippen LogP contribution is 2.39. The molecule has 0 fully saturated rings. The van der Waals surface area contributed by atoms with E-state index in [4.69, 9.17) is 9.73 Å². The Bertz CT molecular complexity index is 2230. The summed E-state index contributed by atoms with van der Waals surface area (Å²) < 4.78 is 22.0. The summed E-state index contributed by atoms with van der Waals surface area (Å²) >= 11 is 4.63. The molecule has 7 rings (SSSR count). The Labute approximate surface area is 275 Å². The first kappa shape index (κ1) is 29.8. The molecule has 0 radical (unpaired) electrons. The second kappa shape index (κ2) is 12.1. The zero-order valence-electron chi connectivity index (χ0n) is 24.4. The molecule has 0 aliphatic carbocycles. The number of amides is 1. The monoisotopic (exact) mass is 693 g/mol. The van der Waals surface area contributed by atoms with Gasteiger partial charge in [-0.25, -0.2) is 14.2 Å². The van der Waals surface area contributed by atoms with Gasteiger partial charge in [-0.15, -0.1) is 0 Å². The molecule has 0 bridgehead atoms. The number of benzene rings is 4. The topological polar surface area (TPSA) is 81.0 Å². The second-order valence-electron chi connectivity index (χ2n) is 10.7. The molecule has 10 heteroatoms. The van der Waals surface area contributed by atoms with Crippen LogP contribution in [0.15, 0.2) is 123 Å². The van der Waals surface area contributed by atoms with E-state index >= 15 is 0 Å². The summed E-state index contributed by atoms with van der Waals surface area (Å²) in [5.74, 6) is -1.41. The largest absolute Gasteiger partial charge is 0.463 e. The van der Waals surface area contributed by atoms with Crippen molar-refractivity contribution in [2.45, 2.75) is 19.5 Å². The number of hydrogen-bond acceptors (Lipinski definition) is 6. The Morgan fingerprint density at radius 2 is 1.65 bits per heavy atom. The number of carbonyl (C=O) groups is 2. The number of rotatable bonds is 6. The summed E-state index contributed by atoms with van der Waals surface area (Å²) in [6.45, 7) is 2.12. The molecule has 228 valence electrons. The van der Waals surface area contributed by atoms with Crippen LogP contribution in [0.3, 0.4) is 0 Å². The minimum Gasteiger partial charge on any atom is -0.463 e. The molecule has 1 aromatic heterocycles. The highest BCUT2D eigenvalue weighted by atomic mass is 79.9. The molecule has 0 unspecified atom stereocenters. The average molecular weight is 695 g/mol. The van der Waals surface area contributed by atoms with Crippen LogP contribution in [0.25, 0.3) is 11.3 Å². The van der Waals surface area contributed by atoms with Gasteiger partial charge in [0.25, 0.3) is 11.5 Å². The van der Waals surface area contributed by atoms with Crippen LogP contribution in [0.2, 0.25) is 0 Å². The molecule has 1 amide bonds. The third-order valence-corrected chi connectivity index (χ3v) is 9.47.